The maximum Gasteiger partial charge on any atom is 0.315 e. The van der Waals surface area contributed by atoms with E-state index < -0.39 is 10.0 Å². The van der Waals surface area contributed by atoms with Crippen LogP contribution in [-0.4, -0.2) is 39.8 Å². The van der Waals surface area contributed by atoms with Crippen molar-refractivity contribution < 1.29 is 13.2 Å². The fourth-order valence-electron chi connectivity index (χ4n) is 2.98. The van der Waals surface area contributed by atoms with Crippen LogP contribution in [0.2, 0.25) is 0 Å². The number of hydrogen-bond donors (Lipinski definition) is 2. The highest BCUT2D eigenvalue weighted by Gasteiger charge is 2.26. The van der Waals surface area contributed by atoms with Gasteiger partial charge in [0.25, 0.3) is 0 Å². The summed E-state index contributed by atoms with van der Waals surface area (Å²) in [4.78, 5) is 11.8. The van der Waals surface area contributed by atoms with E-state index in [4.69, 9.17) is 0 Å². The van der Waals surface area contributed by atoms with Crippen LogP contribution >= 0.6 is 0 Å². The maximum atomic E-state index is 12.5. The van der Waals surface area contributed by atoms with Crippen molar-refractivity contribution >= 4 is 21.7 Å². The minimum absolute atomic E-state index is 0.194. The molecule has 0 atom stereocenters. The number of carbonyl (C=O) groups excluding carboxylic acids is 1. The van der Waals surface area contributed by atoms with E-state index in [2.05, 4.69) is 38.3 Å². The summed E-state index contributed by atoms with van der Waals surface area (Å²) < 4.78 is 26.5. The average Bonchev–Trinajstić information content (AvgIpc) is 3.33. The molecule has 7 heteroatoms. The zero-order valence-electron chi connectivity index (χ0n) is 16.4. The second-order valence-corrected chi connectivity index (χ2v) is 9.51. The van der Waals surface area contributed by atoms with E-state index in [-0.39, 0.29) is 37.0 Å². The Morgan fingerprint density at radius 2 is 1.69 bits per heavy atom. The van der Waals surface area contributed by atoms with Crippen molar-refractivity contribution in [2.45, 2.75) is 58.4 Å². The molecule has 1 aliphatic rings. The third kappa shape index (κ3) is 5.37. The van der Waals surface area contributed by atoms with Gasteiger partial charge in [-0.1, -0.05) is 45.9 Å². The first-order chi connectivity index (χ1) is 12.1. The second kappa shape index (κ2) is 8.29. The second-order valence-electron chi connectivity index (χ2n) is 7.60. The monoisotopic (exact) mass is 381 g/mol. The van der Waals surface area contributed by atoms with Crippen molar-refractivity contribution in [3.8, 4) is 0 Å². The highest BCUT2D eigenvalue weighted by atomic mass is 32.2. The van der Waals surface area contributed by atoms with Gasteiger partial charge in [0.15, 0.2) is 0 Å². The van der Waals surface area contributed by atoms with Gasteiger partial charge in [0.05, 0.1) is 18.5 Å². The maximum absolute atomic E-state index is 12.5. The van der Waals surface area contributed by atoms with Crippen LogP contribution in [-0.2, 0) is 10.0 Å². The number of rotatable bonds is 8. The van der Waals surface area contributed by atoms with Crippen molar-refractivity contribution in [1.29, 1.82) is 0 Å². The molecule has 0 heterocycles. The molecule has 0 aliphatic heterocycles. The summed E-state index contributed by atoms with van der Waals surface area (Å²) in [7, 11) is -3.48. The van der Waals surface area contributed by atoms with E-state index in [0.717, 1.165) is 29.7 Å². The lowest BCUT2D eigenvalue weighted by Gasteiger charge is -2.30. The molecule has 26 heavy (non-hydrogen) atoms. The first-order valence-corrected chi connectivity index (χ1v) is 11.1. The Morgan fingerprint density at radius 3 is 2.12 bits per heavy atom. The SMILES string of the molecule is CC(C)c1cccc(C(C)C)c1N(CCNC(=O)NC1CC1)S(C)(=O)=O. The molecule has 1 aliphatic carbocycles. The molecule has 0 saturated heterocycles. The Morgan fingerprint density at radius 1 is 1.15 bits per heavy atom. The number of amides is 2. The minimum atomic E-state index is -3.48. The van der Waals surface area contributed by atoms with Crippen molar-refractivity contribution in [3.63, 3.8) is 0 Å². The van der Waals surface area contributed by atoms with Gasteiger partial charge >= 0.3 is 6.03 Å². The van der Waals surface area contributed by atoms with Gasteiger partial charge < -0.3 is 10.6 Å². The van der Waals surface area contributed by atoms with E-state index in [1.165, 1.54) is 10.6 Å². The van der Waals surface area contributed by atoms with Crippen LogP contribution in [0.3, 0.4) is 0 Å². The lowest BCUT2D eigenvalue weighted by Crippen LogP contribution is -2.43. The average molecular weight is 382 g/mol. The smallest absolute Gasteiger partial charge is 0.315 e. The molecule has 1 aromatic rings. The topological polar surface area (TPSA) is 78.5 Å². The Kier molecular flexibility index (Phi) is 6.55. The Bertz CT molecular complexity index is 714. The number of benzene rings is 1. The first kappa shape index (κ1) is 20.6. The molecule has 146 valence electrons. The standard InChI is InChI=1S/C19H31N3O3S/c1-13(2)16-7-6-8-17(14(3)4)18(16)22(26(5,24)25)12-11-20-19(23)21-15-9-10-15/h6-8,13-15H,9-12H2,1-5H3,(H2,20,21,23). The summed E-state index contributed by atoms with van der Waals surface area (Å²) in [6.07, 6.45) is 3.25. The summed E-state index contributed by atoms with van der Waals surface area (Å²) in [5.74, 6) is 0.387. The molecule has 0 spiro atoms. The molecule has 2 rings (SSSR count). The van der Waals surface area contributed by atoms with Gasteiger partial charge in [0.1, 0.15) is 0 Å². The molecule has 2 amide bonds. The molecule has 0 unspecified atom stereocenters. The molecular weight excluding hydrogens is 350 g/mol. The normalized spacial score (nSPS) is 14.6. The van der Waals surface area contributed by atoms with Crippen LogP contribution in [0.4, 0.5) is 10.5 Å². The van der Waals surface area contributed by atoms with E-state index in [9.17, 15) is 13.2 Å². The third-order valence-corrected chi connectivity index (χ3v) is 5.67. The zero-order valence-corrected chi connectivity index (χ0v) is 17.2. The zero-order chi connectivity index (χ0) is 19.5. The Labute approximate surface area is 157 Å². The van der Waals surface area contributed by atoms with Crippen molar-refractivity contribution in [2.75, 3.05) is 23.7 Å². The molecule has 0 radical (unpaired) electrons. The number of sulfonamides is 1. The van der Waals surface area contributed by atoms with Crippen molar-refractivity contribution in [1.82, 2.24) is 10.6 Å². The summed E-state index contributed by atoms with van der Waals surface area (Å²) in [5.41, 5.74) is 2.76. The van der Waals surface area contributed by atoms with E-state index in [0.29, 0.717) is 0 Å². The van der Waals surface area contributed by atoms with Gasteiger partial charge in [0, 0.05) is 12.6 Å². The van der Waals surface area contributed by atoms with Crippen LogP contribution in [0.15, 0.2) is 18.2 Å². The van der Waals surface area contributed by atoms with E-state index in [1.807, 2.05) is 18.2 Å². The van der Waals surface area contributed by atoms with Gasteiger partial charge in [-0.3, -0.25) is 4.31 Å². The molecule has 0 aromatic heterocycles. The predicted octanol–water partition coefficient (Wildman–Crippen LogP) is 3.16. The van der Waals surface area contributed by atoms with Crippen LogP contribution in [0.1, 0.15) is 63.5 Å². The quantitative estimate of drug-likeness (QED) is 0.726. The van der Waals surface area contributed by atoms with Crippen LogP contribution in [0, 0.1) is 0 Å². The van der Waals surface area contributed by atoms with E-state index in [1.54, 1.807) is 0 Å². The highest BCUT2D eigenvalue weighted by Crippen LogP contribution is 2.36. The molecule has 2 N–H and O–H groups in total. The summed E-state index contributed by atoms with van der Waals surface area (Å²) in [6, 6.07) is 5.99. The molecular formula is C19H31N3O3S. The van der Waals surface area contributed by atoms with Crippen molar-refractivity contribution in [3.05, 3.63) is 29.3 Å². The summed E-state index contributed by atoms with van der Waals surface area (Å²) >= 11 is 0. The molecule has 1 saturated carbocycles. The van der Waals surface area contributed by atoms with Gasteiger partial charge in [-0.25, -0.2) is 13.2 Å². The summed E-state index contributed by atoms with van der Waals surface area (Å²) in [6.45, 7) is 8.71. The van der Waals surface area contributed by atoms with Crippen LogP contribution in [0.25, 0.3) is 0 Å². The van der Waals surface area contributed by atoms with Gasteiger partial charge in [-0.05, 0) is 35.8 Å². The molecule has 1 aromatic carbocycles. The largest absolute Gasteiger partial charge is 0.336 e. The molecule has 1 fully saturated rings. The number of nitrogens with zero attached hydrogens (tertiary/aromatic N) is 1. The lowest BCUT2D eigenvalue weighted by molar-refractivity contribution is 0.241. The fraction of sp³-hybridized carbons (Fsp3) is 0.632. The number of urea groups is 1. The predicted molar refractivity (Wildman–Crippen MR) is 106 cm³/mol. The number of carbonyl (C=O) groups is 1. The summed E-state index contributed by atoms with van der Waals surface area (Å²) in [5, 5.41) is 5.61. The van der Waals surface area contributed by atoms with Crippen LogP contribution in [0.5, 0.6) is 0 Å². The fourth-order valence-corrected chi connectivity index (χ4v) is 3.94. The van der Waals surface area contributed by atoms with Gasteiger partial charge in [0.2, 0.25) is 10.0 Å². The number of para-hydroxylation sites is 1. The van der Waals surface area contributed by atoms with E-state index >= 15 is 0 Å². The van der Waals surface area contributed by atoms with Crippen molar-refractivity contribution in [2.24, 2.45) is 0 Å². The van der Waals surface area contributed by atoms with Gasteiger partial charge in [-0.15, -0.1) is 0 Å². The number of anilines is 1. The highest BCUT2D eigenvalue weighted by molar-refractivity contribution is 7.92. The number of hydrogen-bond acceptors (Lipinski definition) is 3. The van der Waals surface area contributed by atoms with Gasteiger partial charge in [-0.2, -0.15) is 0 Å². The third-order valence-electron chi connectivity index (χ3n) is 4.51. The first-order valence-electron chi connectivity index (χ1n) is 9.26. The molecule has 0 bridgehead atoms. The Balaban J connectivity index is 2.27. The number of nitrogens with one attached hydrogen (secondary N) is 2. The van der Waals surface area contributed by atoms with Crippen LogP contribution < -0.4 is 14.9 Å². The lowest BCUT2D eigenvalue weighted by atomic mass is 9.92. The molecule has 6 nitrogen and oxygen atoms in total. The Hall–Kier alpha value is -1.76. The minimum Gasteiger partial charge on any atom is -0.336 e.